The Bertz CT molecular complexity index is 749. The zero-order chi connectivity index (χ0) is 16.4. The Labute approximate surface area is 133 Å². The van der Waals surface area contributed by atoms with E-state index >= 15 is 0 Å². The number of benzene rings is 2. The van der Waals surface area contributed by atoms with Gasteiger partial charge in [-0.3, -0.25) is 4.79 Å². The molecule has 118 valence electrons. The first kappa shape index (κ1) is 15.1. The Morgan fingerprint density at radius 1 is 1.13 bits per heavy atom. The molecule has 0 aliphatic carbocycles. The van der Waals surface area contributed by atoms with Gasteiger partial charge in [-0.15, -0.1) is 0 Å². The Hall–Kier alpha value is -2.82. The molecule has 0 aromatic heterocycles. The van der Waals surface area contributed by atoms with Crippen molar-refractivity contribution < 1.29 is 23.8 Å². The molecule has 0 saturated heterocycles. The lowest BCUT2D eigenvalue weighted by Gasteiger charge is -2.19. The van der Waals surface area contributed by atoms with Crippen molar-refractivity contribution in [2.24, 2.45) is 0 Å². The fourth-order valence-corrected chi connectivity index (χ4v) is 2.59. The molecule has 0 amide bonds. The molecular weight excluding hydrogens is 296 g/mol. The zero-order valence-electron chi connectivity index (χ0n) is 12.9. The number of esters is 2. The quantitative estimate of drug-likeness (QED) is 0.812. The summed E-state index contributed by atoms with van der Waals surface area (Å²) in [5.41, 5.74) is 2.98. The van der Waals surface area contributed by atoms with Crippen LogP contribution in [0.4, 0.5) is 0 Å². The molecule has 0 bridgehead atoms. The Morgan fingerprint density at radius 3 is 2.48 bits per heavy atom. The molecule has 0 spiro atoms. The SMILES string of the molecule is COc1ccc(C(OC(C)=O)c2ccc3c(c2)COC3=O)cc1. The number of carbonyl (C=O) groups excluding carboxylic acids is 2. The number of carbonyl (C=O) groups is 2. The molecule has 0 N–H and O–H groups in total. The van der Waals surface area contributed by atoms with E-state index in [1.165, 1.54) is 6.92 Å². The van der Waals surface area contributed by atoms with E-state index in [1.54, 1.807) is 19.2 Å². The van der Waals surface area contributed by atoms with Crippen molar-refractivity contribution in [3.05, 3.63) is 64.7 Å². The summed E-state index contributed by atoms with van der Waals surface area (Å²) in [6, 6.07) is 12.7. The van der Waals surface area contributed by atoms with Gasteiger partial charge in [-0.2, -0.15) is 0 Å². The normalized spacial score (nSPS) is 13.9. The number of methoxy groups -OCH3 is 1. The second-order valence-electron chi connectivity index (χ2n) is 5.26. The summed E-state index contributed by atoms with van der Waals surface area (Å²) in [6.45, 7) is 1.62. The third-order valence-corrected chi connectivity index (χ3v) is 3.71. The summed E-state index contributed by atoms with van der Waals surface area (Å²) >= 11 is 0. The first-order chi connectivity index (χ1) is 11.1. The van der Waals surface area contributed by atoms with Crippen molar-refractivity contribution in [3.63, 3.8) is 0 Å². The van der Waals surface area contributed by atoms with Gasteiger partial charge in [0, 0.05) is 12.5 Å². The van der Waals surface area contributed by atoms with Crippen molar-refractivity contribution in [1.82, 2.24) is 0 Å². The van der Waals surface area contributed by atoms with E-state index in [1.807, 2.05) is 30.3 Å². The minimum absolute atomic E-state index is 0.247. The summed E-state index contributed by atoms with van der Waals surface area (Å²) in [5.74, 6) is 0.0296. The van der Waals surface area contributed by atoms with Crippen molar-refractivity contribution >= 4 is 11.9 Å². The lowest BCUT2D eigenvalue weighted by Crippen LogP contribution is -2.10. The number of cyclic esters (lactones) is 1. The van der Waals surface area contributed by atoms with Crippen molar-refractivity contribution in [3.8, 4) is 5.75 Å². The average Bonchev–Trinajstić information content (AvgIpc) is 2.93. The van der Waals surface area contributed by atoms with Gasteiger partial charge in [-0.05, 0) is 35.4 Å². The zero-order valence-corrected chi connectivity index (χ0v) is 12.9. The minimum Gasteiger partial charge on any atom is -0.497 e. The van der Waals surface area contributed by atoms with Gasteiger partial charge in [-0.1, -0.05) is 18.2 Å². The average molecular weight is 312 g/mol. The van der Waals surface area contributed by atoms with Gasteiger partial charge >= 0.3 is 11.9 Å². The van der Waals surface area contributed by atoms with E-state index in [0.29, 0.717) is 5.56 Å². The van der Waals surface area contributed by atoms with Crippen LogP contribution >= 0.6 is 0 Å². The van der Waals surface area contributed by atoms with Crippen LogP contribution in [0.15, 0.2) is 42.5 Å². The van der Waals surface area contributed by atoms with E-state index in [-0.39, 0.29) is 18.5 Å². The summed E-state index contributed by atoms with van der Waals surface area (Å²) in [6.07, 6.45) is -0.542. The monoisotopic (exact) mass is 312 g/mol. The highest BCUT2D eigenvalue weighted by atomic mass is 16.5. The second kappa shape index (κ2) is 6.12. The molecule has 1 aliphatic rings. The van der Waals surface area contributed by atoms with Crippen molar-refractivity contribution in [2.45, 2.75) is 19.6 Å². The highest BCUT2D eigenvalue weighted by Gasteiger charge is 2.24. The Morgan fingerprint density at radius 2 is 1.83 bits per heavy atom. The largest absolute Gasteiger partial charge is 0.497 e. The summed E-state index contributed by atoms with van der Waals surface area (Å²) in [7, 11) is 1.59. The van der Waals surface area contributed by atoms with E-state index in [2.05, 4.69) is 0 Å². The molecule has 5 nitrogen and oxygen atoms in total. The van der Waals surface area contributed by atoms with Gasteiger partial charge in [0.15, 0.2) is 6.10 Å². The van der Waals surface area contributed by atoms with Gasteiger partial charge < -0.3 is 14.2 Å². The molecular formula is C18H16O5. The fraction of sp³-hybridized carbons (Fsp3) is 0.222. The summed E-state index contributed by atoms with van der Waals surface area (Å²) in [4.78, 5) is 23.0. The van der Waals surface area contributed by atoms with Crippen LogP contribution in [0.3, 0.4) is 0 Å². The van der Waals surface area contributed by atoms with E-state index in [4.69, 9.17) is 14.2 Å². The second-order valence-corrected chi connectivity index (χ2v) is 5.26. The molecule has 3 rings (SSSR count). The van der Waals surface area contributed by atoms with Crippen molar-refractivity contribution in [1.29, 1.82) is 0 Å². The van der Waals surface area contributed by atoms with E-state index < -0.39 is 6.10 Å². The van der Waals surface area contributed by atoms with Gasteiger partial charge in [0.2, 0.25) is 0 Å². The van der Waals surface area contributed by atoms with Gasteiger partial charge in [0.1, 0.15) is 12.4 Å². The molecule has 0 saturated carbocycles. The van der Waals surface area contributed by atoms with E-state index in [0.717, 1.165) is 22.4 Å². The topological polar surface area (TPSA) is 61.8 Å². The van der Waals surface area contributed by atoms with E-state index in [9.17, 15) is 9.59 Å². The van der Waals surface area contributed by atoms with Crippen LogP contribution in [0.2, 0.25) is 0 Å². The van der Waals surface area contributed by atoms with Gasteiger partial charge in [0.25, 0.3) is 0 Å². The Kier molecular flexibility index (Phi) is 4.02. The molecule has 23 heavy (non-hydrogen) atoms. The van der Waals surface area contributed by atoms with Gasteiger partial charge in [-0.25, -0.2) is 4.79 Å². The smallest absolute Gasteiger partial charge is 0.338 e. The van der Waals surface area contributed by atoms with Crippen LogP contribution < -0.4 is 4.74 Å². The molecule has 1 aliphatic heterocycles. The maximum atomic E-state index is 11.5. The molecule has 1 heterocycles. The van der Waals surface area contributed by atoms with Crippen molar-refractivity contribution in [2.75, 3.05) is 7.11 Å². The summed E-state index contributed by atoms with van der Waals surface area (Å²) < 4.78 is 15.6. The maximum Gasteiger partial charge on any atom is 0.338 e. The number of fused-ring (bicyclic) bond motifs is 1. The van der Waals surface area contributed by atoms with Crippen LogP contribution in [0, 0.1) is 0 Å². The number of rotatable bonds is 4. The van der Waals surface area contributed by atoms with Gasteiger partial charge in [0.05, 0.1) is 12.7 Å². The lowest BCUT2D eigenvalue weighted by atomic mass is 9.97. The maximum absolute atomic E-state index is 11.5. The van der Waals surface area contributed by atoms with Crippen LogP contribution in [-0.2, 0) is 20.9 Å². The first-order valence-electron chi connectivity index (χ1n) is 7.19. The lowest BCUT2D eigenvalue weighted by molar-refractivity contribution is -0.144. The Balaban J connectivity index is 1.98. The molecule has 5 heteroatoms. The molecule has 1 atom stereocenters. The molecule has 2 aromatic rings. The highest BCUT2D eigenvalue weighted by Crippen LogP contribution is 2.31. The van der Waals surface area contributed by atoms with Crippen LogP contribution in [0.1, 0.15) is 40.1 Å². The van der Waals surface area contributed by atoms with Crippen LogP contribution in [0.25, 0.3) is 0 Å². The fourth-order valence-electron chi connectivity index (χ4n) is 2.59. The standard InChI is InChI=1S/C18H16O5/c1-11(19)23-17(12-3-6-15(21-2)7-4-12)13-5-8-16-14(9-13)10-22-18(16)20/h3-9,17H,10H2,1-2H3. The molecule has 2 aromatic carbocycles. The number of hydrogen-bond acceptors (Lipinski definition) is 5. The predicted octanol–water partition coefficient (Wildman–Crippen LogP) is 3.02. The minimum atomic E-state index is -0.542. The summed E-state index contributed by atoms with van der Waals surface area (Å²) in [5, 5.41) is 0. The highest BCUT2D eigenvalue weighted by molar-refractivity contribution is 5.93. The van der Waals surface area contributed by atoms with Crippen LogP contribution in [0.5, 0.6) is 5.75 Å². The molecule has 0 radical (unpaired) electrons. The predicted molar refractivity (Wildman–Crippen MR) is 82.2 cm³/mol. The number of hydrogen-bond donors (Lipinski definition) is 0. The third-order valence-electron chi connectivity index (χ3n) is 3.71. The van der Waals surface area contributed by atoms with Crippen LogP contribution in [-0.4, -0.2) is 19.0 Å². The number of ether oxygens (including phenoxy) is 3. The molecule has 1 unspecified atom stereocenters. The third kappa shape index (κ3) is 3.04. The molecule has 0 fully saturated rings. The first-order valence-corrected chi connectivity index (χ1v) is 7.19.